The Morgan fingerprint density at radius 1 is 1.55 bits per heavy atom. The Bertz CT molecular complexity index is 174. The molecule has 2 bridgehead atoms. The number of hydrogen-bond acceptors (Lipinski definition) is 2. The van der Waals surface area contributed by atoms with Gasteiger partial charge in [-0.1, -0.05) is 0 Å². The van der Waals surface area contributed by atoms with Crippen molar-refractivity contribution in [3.05, 3.63) is 0 Å². The van der Waals surface area contributed by atoms with Crippen molar-refractivity contribution >= 4 is 18.4 Å². The average Bonchev–Trinajstić information content (AvgIpc) is 2.44. The van der Waals surface area contributed by atoms with E-state index in [0.29, 0.717) is 5.92 Å². The minimum atomic E-state index is -0.637. The van der Waals surface area contributed by atoms with Crippen molar-refractivity contribution < 1.29 is 9.90 Å². The number of hydrogen-bond donors (Lipinski definition) is 1. The molecular formula is C7H12ClNO2. The average molecular weight is 178 g/mol. The van der Waals surface area contributed by atoms with Crippen LogP contribution in [0.2, 0.25) is 0 Å². The molecule has 0 aliphatic carbocycles. The number of carbonyl (C=O) groups is 1. The van der Waals surface area contributed by atoms with Gasteiger partial charge in [0.05, 0.1) is 0 Å². The van der Waals surface area contributed by atoms with E-state index in [-0.39, 0.29) is 18.4 Å². The highest BCUT2D eigenvalue weighted by Crippen LogP contribution is 2.32. The Morgan fingerprint density at radius 3 is 2.55 bits per heavy atom. The van der Waals surface area contributed by atoms with Crippen LogP contribution < -0.4 is 0 Å². The van der Waals surface area contributed by atoms with E-state index in [1.807, 2.05) is 0 Å². The predicted molar refractivity (Wildman–Crippen MR) is 43.0 cm³/mol. The second-order valence-corrected chi connectivity index (χ2v) is 3.24. The van der Waals surface area contributed by atoms with Crippen molar-refractivity contribution in [1.29, 1.82) is 0 Å². The first-order valence-electron chi connectivity index (χ1n) is 3.74. The van der Waals surface area contributed by atoms with Gasteiger partial charge in [0, 0.05) is 6.54 Å². The first kappa shape index (κ1) is 8.81. The molecular weight excluding hydrogens is 166 g/mol. The van der Waals surface area contributed by atoms with Gasteiger partial charge in [0.2, 0.25) is 0 Å². The van der Waals surface area contributed by atoms with E-state index in [1.54, 1.807) is 0 Å². The van der Waals surface area contributed by atoms with Crippen LogP contribution in [0.1, 0.15) is 12.8 Å². The minimum Gasteiger partial charge on any atom is -0.480 e. The van der Waals surface area contributed by atoms with Crippen LogP contribution >= 0.6 is 12.4 Å². The zero-order valence-electron chi connectivity index (χ0n) is 6.19. The molecule has 1 N–H and O–H groups in total. The summed E-state index contributed by atoms with van der Waals surface area (Å²) in [6.07, 6.45) is 2.10. The van der Waals surface area contributed by atoms with Crippen molar-refractivity contribution in [2.45, 2.75) is 18.9 Å². The van der Waals surface area contributed by atoms with Crippen molar-refractivity contribution in [3.63, 3.8) is 0 Å². The fourth-order valence-electron chi connectivity index (χ4n) is 2.06. The molecule has 1 unspecified atom stereocenters. The highest BCUT2D eigenvalue weighted by atomic mass is 35.5. The summed E-state index contributed by atoms with van der Waals surface area (Å²) in [4.78, 5) is 12.6. The Morgan fingerprint density at radius 2 is 2.27 bits per heavy atom. The molecule has 2 aliphatic heterocycles. The molecule has 2 fully saturated rings. The van der Waals surface area contributed by atoms with Gasteiger partial charge in [0.1, 0.15) is 6.04 Å². The van der Waals surface area contributed by atoms with Crippen LogP contribution in [0.4, 0.5) is 0 Å². The summed E-state index contributed by atoms with van der Waals surface area (Å²) in [7, 11) is 0. The molecule has 0 spiro atoms. The molecule has 4 heteroatoms. The van der Waals surface area contributed by atoms with Gasteiger partial charge in [0.25, 0.3) is 0 Å². The number of carboxylic acids is 1. The van der Waals surface area contributed by atoms with Gasteiger partial charge in [-0.3, -0.25) is 9.69 Å². The highest BCUT2D eigenvalue weighted by Gasteiger charge is 2.40. The summed E-state index contributed by atoms with van der Waals surface area (Å²) in [5.74, 6) is 0.0447. The van der Waals surface area contributed by atoms with Gasteiger partial charge in [-0.15, -0.1) is 12.4 Å². The Labute approximate surface area is 71.8 Å². The van der Waals surface area contributed by atoms with Gasteiger partial charge < -0.3 is 5.11 Å². The third-order valence-corrected chi connectivity index (χ3v) is 2.60. The summed E-state index contributed by atoms with van der Waals surface area (Å²) in [6.45, 7) is 2.03. The first-order valence-corrected chi connectivity index (χ1v) is 3.74. The zero-order chi connectivity index (χ0) is 7.14. The van der Waals surface area contributed by atoms with Crippen molar-refractivity contribution in [2.24, 2.45) is 5.92 Å². The first-order chi connectivity index (χ1) is 4.77. The fourth-order valence-corrected chi connectivity index (χ4v) is 2.06. The summed E-state index contributed by atoms with van der Waals surface area (Å²) in [6, 6.07) is -0.154. The molecule has 2 rings (SSSR count). The van der Waals surface area contributed by atoms with Gasteiger partial charge in [0.15, 0.2) is 0 Å². The van der Waals surface area contributed by atoms with Crippen LogP contribution in [0.15, 0.2) is 0 Å². The third-order valence-electron chi connectivity index (χ3n) is 2.60. The van der Waals surface area contributed by atoms with E-state index in [9.17, 15) is 4.79 Å². The lowest BCUT2D eigenvalue weighted by Gasteiger charge is -2.19. The van der Waals surface area contributed by atoms with Gasteiger partial charge >= 0.3 is 5.97 Å². The normalized spacial score (nSPS) is 40.2. The van der Waals surface area contributed by atoms with E-state index in [1.165, 1.54) is 6.42 Å². The van der Waals surface area contributed by atoms with Crippen LogP contribution in [0, 0.1) is 5.92 Å². The number of halogens is 1. The smallest absolute Gasteiger partial charge is 0.320 e. The van der Waals surface area contributed by atoms with Crippen LogP contribution in [0.3, 0.4) is 0 Å². The minimum absolute atomic E-state index is 0. The standard InChI is InChI=1S/C7H11NO2.ClH/c9-7(10)6-3-5-1-2-8(6)4-5;/h5-6H,1-4H2,(H,9,10);1H/t5-,6+;/m1./s1. The predicted octanol–water partition coefficient (Wildman–Crippen LogP) is 0.587. The Hall–Kier alpha value is -0.280. The molecule has 0 saturated carbocycles. The lowest BCUT2D eigenvalue weighted by atomic mass is 10.0. The maximum Gasteiger partial charge on any atom is 0.320 e. The van der Waals surface area contributed by atoms with Crippen LogP contribution in [-0.2, 0) is 4.79 Å². The molecule has 0 aromatic carbocycles. The van der Waals surface area contributed by atoms with Crippen molar-refractivity contribution in [2.75, 3.05) is 13.1 Å². The number of aliphatic carboxylic acids is 1. The lowest BCUT2D eigenvalue weighted by Crippen LogP contribution is -2.36. The third kappa shape index (κ3) is 1.35. The topological polar surface area (TPSA) is 40.5 Å². The van der Waals surface area contributed by atoms with E-state index < -0.39 is 5.97 Å². The Balaban J connectivity index is 0.000000605. The lowest BCUT2D eigenvalue weighted by molar-refractivity contribution is -0.142. The molecule has 3 nitrogen and oxygen atoms in total. The summed E-state index contributed by atoms with van der Waals surface area (Å²) in [5, 5.41) is 8.69. The highest BCUT2D eigenvalue weighted by molar-refractivity contribution is 5.85. The molecule has 0 amide bonds. The molecule has 2 heterocycles. The molecule has 2 saturated heterocycles. The molecule has 3 atom stereocenters. The molecule has 0 aromatic rings. The molecule has 2 aliphatic rings. The monoisotopic (exact) mass is 177 g/mol. The van der Waals surface area contributed by atoms with Crippen LogP contribution in [-0.4, -0.2) is 35.1 Å². The van der Waals surface area contributed by atoms with E-state index in [2.05, 4.69) is 4.90 Å². The van der Waals surface area contributed by atoms with Crippen molar-refractivity contribution in [3.8, 4) is 0 Å². The number of fused-ring (bicyclic) bond motifs is 2. The maximum atomic E-state index is 10.5. The quantitative estimate of drug-likeness (QED) is 0.638. The van der Waals surface area contributed by atoms with Crippen molar-refractivity contribution in [1.82, 2.24) is 4.90 Å². The van der Waals surface area contributed by atoms with Crippen LogP contribution in [0.25, 0.3) is 0 Å². The number of carboxylic acid groups (broad SMARTS) is 1. The summed E-state index contributed by atoms with van der Waals surface area (Å²) in [5.41, 5.74) is 0. The number of nitrogens with zero attached hydrogens (tertiary/aromatic N) is 1. The van der Waals surface area contributed by atoms with Gasteiger partial charge in [-0.05, 0) is 25.3 Å². The number of piperidine rings is 1. The van der Waals surface area contributed by atoms with Gasteiger partial charge in [-0.2, -0.15) is 0 Å². The largest absolute Gasteiger partial charge is 0.480 e. The van der Waals surface area contributed by atoms with E-state index >= 15 is 0 Å². The zero-order valence-corrected chi connectivity index (χ0v) is 7.01. The summed E-state index contributed by atoms with van der Waals surface area (Å²) >= 11 is 0. The van der Waals surface area contributed by atoms with Crippen LogP contribution in [0.5, 0.6) is 0 Å². The second-order valence-electron chi connectivity index (χ2n) is 3.24. The molecule has 11 heavy (non-hydrogen) atoms. The van der Waals surface area contributed by atoms with Gasteiger partial charge in [-0.25, -0.2) is 0 Å². The Kier molecular flexibility index (Phi) is 2.40. The second kappa shape index (κ2) is 2.99. The number of rotatable bonds is 1. The molecule has 64 valence electrons. The molecule has 0 aromatic heterocycles. The fraction of sp³-hybridized carbons (Fsp3) is 0.857. The molecule has 0 radical (unpaired) electrons. The summed E-state index contributed by atoms with van der Waals surface area (Å²) < 4.78 is 0. The van der Waals surface area contributed by atoms with E-state index in [4.69, 9.17) is 5.11 Å². The maximum absolute atomic E-state index is 10.5. The SMILES string of the molecule is Cl.O=C(O)[C@@H]1C[C@H]2CCN1C2. The van der Waals surface area contributed by atoms with E-state index in [0.717, 1.165) is 19.5 Å².